The van der Waals surface area contributed by atoms with Gasteiger partial charge in [0.25, 0.3) is 10.0 Å². The second-order valence-corrected chi connectivity index (χ2v) is 7.12. The zero-order valence-electron chi connectivity index (χ0n) is 13.0. The molecule has 2 rings (SSSR count). The Balaban J connectivity index is 2.40. The number of likely N-dealkylation sites (N-methyl/N-ethyl adjacent to an activating group) is 1. The van der Waals surface area contributed by atoms with Crippen LogP contribution in [0.4, 0.5) is 0 Å². The molecule has 1 unspecified atom stereocenters. The van der Waals surface area contributed by atoms with Crippen molar-refractivity contribution in [2.45, 2.75) is 37.1 Å². The highest BCUT2D eigenvalue weighted by molar-refractivity contribution is 7.90. The smallest absolute Gasteiger partial charge is 0.263 e. The van der Waals surface area contributed by atoms with Gasteiger partial charge in [0, 0.05) is 19.7 Å². The summed E-state index contributed by atoms with van der Waals surface area (Å²) < 4.78 is 26.6. The van der Waals surface area contributed by atoms with Crippen molar-refractivity contribution in [1.29, 1.82) is 0 Å². The monoisotopic (exact) mass is 323 g/mol. The Morgan fingerprint density at radius 1 is 1.32 bits per heavy atom. The van der Waals surface area contributed by atoms with Crippen LogP contribution in [0.15, 0.2) is 34.2 Å². The lowest BCUT2D eigenvalue weighted by Gasteiger charge is -2.17. The van der Waals surface area contributed by atoms with Crippen LogP contribution >= 0.6 is 0 Å². The Hall–Kier alpha value is -1.89. The van der Waals surface area contributed by atoms with E-state index in [4.69, 9.17) is 0 Å². The molecule has 1 aromatic carbocycles. The number of sulfonamides is 1. The molecule has 6 nitrogen and oxygen atoms in total. The van der Waals surface area contributed by atoms with Crippen LogP contribution in [0.1, 0.15) is 31.7 Å². The maximum absolute atomic E-state index is 12.3. The van der Waals surface area contributed by atoms with Crippen LogP contribution < -0.4 is 4.72 Å². The van der Waals surface area contributed by atoms with Gasteiger partial charge in [-0.25, -0.2) is 8.42 Å². The first kappa shape index (κ1) is 16.5. The number of carbonyl (C=O) groups excluding carboxylic acids is 1. The molecule has 1 heterocycles. The Morgan fingerprint density at radius 2 is 2.00 bits per heavy atom. The number of amides is 1. The third-order valence-electron chi connectivity index (χ3n) is 3.50. The van der Waals surface area contributed by atoms with Crippen molar-refractivity contribution in [3.05, 3.63) is 29.8 Å². The molecule has 1 aliphatic rings. The summed E-state index contributed by atoms with van der Waals surface area (Å²) in [5.41, 5.74) is 0.524. The van der Waals surface area contributed by atoms with Gasteiger partial charge < -0.3 is 4.90 Å². The van der Waals surface area contributed by atoms with Crippen molar-refractivity contribution in [3.8, 4) is 0 Å². The van der Waals surface area contributed by atoms with E-state index in [1.54, 1.807) is 32.3 Å². The van der Waals surface area contributed by atoms with E-state index in [1.165, 1.54) is 11.0 Å². The maximum atomic E-state index is 12.3. The van der Waals surface area contributed by atoms with E-state index in [9.17, 15) is 13.2 Å². The van der Waals surface area contributed by atoms with Crippen LogP contribution in [0.25, 0.3) is 0 Å². The third-order valence-corrected chi connectivity index (χ3v) is 4.90. The highest BCUT2D eigenvalue weighted by Gasteiger charge is 2.31. The largest absolute Gasteiger partial charge is 0.347 e. The second-order valence-electron chi connectivity index (χ2n) is 5.47. The molecule has 0 bridgehead atoms. The summed E-state index contributed by atoms with van der Waals surface area (Å²) in [6.45, 7) is 2.04. The fourth-order valence-corrected chi connectivity index (χ4v) is 3.56. The number of carbonyl (C=O) groups is 1. The Bertz CT molecular complexity index is 696. The number of nitrogens with zero attached hydrogens (tertiary/aromatic N) is 2. The maximum Gasteiger partial charge on any atom is 0.263 e. The van der Waals surface area contributed by atoms with Crippen molar-refractivity contribution in [2.24, 2.45) is 4.99 Å². The molecule has 1 N–H and O–H groups in total. The Labute approximate surface area is 131 Å². The highest BCUT2D eigenvalue weighted by Crippen LogP contribution is 2.23. The average molecular weight is 323 g/mol. The van der Waals surface area contributed by atoms with Crippen molar-refractivity contribution < 1.29 is 13.2 Å². The number of fused-ring (bicyclic) bond motifs is 1. The van der Waals surface area contributed by atoms with Crippen LogP contribution in [-0.4, -0.2) is 45.2 Å². The minimum absolute atomic E-state index is 0.121. The highest BCUT2D eigenvalue weighted by atomic mass is 32.2. The fourth-order valence-electron chi connectivity index (χ4n) is 2.32. The van der Waals surface area contributed by atoms with Crippen molar-refractivity contribution in [2.75, 3.05) is 14.1 Å². The van der Waals surface area contributed by atoms with Crippen molar-refractivity contribution in [3.63, 3.8) is 0 Å². The minimum Gasteiger partial charge on any atom is -0.347 e. The molecule has 0 saturated heterocycles. The van der Waals surface area contributed by atoms with Gasteiger partial charge in [-0.3, -0.25) is 14.5 Å². The predicted octanol–water partition coefficient (Wildman–Crippen LogP) is 1.37. The zero-order valence-corrected chi connectivity index (χ0v) is 13.9. The Kier molecular flexibility index (Phi) is 4.85. The van der Waals surface area contributed by atoms with Gasteiger partial charge in [0.05, 0.1) is 4.90 Å². The normalized spacial score (nSPS) is 18.6. The zero-order chi connectivity index (χ0) is 16.3. The van der Waals surface area contributed by atoms with Gasteiger partial charge >= 0.3 is 0 Å². The van der Waals surface area contributed by atoms with Crippen LogP contribution in [0.3, 0.4) is 0 Å². The van der Waals surface area contributed by atoms with Crippen molar-refractivity contribution in [1.82, 2.24) is 9.62 Å². The molecule has 0 saturated carbocycles. The summed E-state index contributed by atoms with van der Waals surface area (Å²) in [5, 5.41) is 0. The number of benzene rings is 1. The van der Waals surface area contributed by atoms with Crippen molar-refractivity contribution >= 4 is 21.8 Å². The van der Waals surface area contributed by atoms with Gasteiger partial charge in [-0.1, -0.05) is 31.9 Å². The third kappa shape index (κ3) is 3.30. The first-order chi connectivity index (χ1) is 10.4. The molecule has 0 radical (unpaired) electrons. The van der Waals surface area contributed by atoms with Crippen LogP contribution in [0, 0.1) is 0 Å². The summed E-state index contributed by atoms with van der Waals surface area (Å²) in [7, 11) is -0.223. The summed E-state index contributed by atoms with van der Waals surface area (Å²) in [6.07, 6.45) is 2.40. The molecule has 0 aromatic heterocycles. The lowest BCUT2D eigenvalue weighted by molar-refractivity contribution is -0.130. The Morgan fingerprint density at radius 3 is 2.64 bits per heavy atom. The number of nitrogens with one attached hydrogen (secondary N) is 1. The standard InChI is InChI=1S/C15H21N3O3S/c1-4-5-9-12(15(19)18(2)3)16-14-11-8-6-7-10-13(11)22(20,21)17-14/h6-8,10,12H,4-5,9H2,1-3H3,(H,16,17). The van der Waals surface area contributed by atoms with E-state index in [2.05, 4.69) is 9.71 Å². The molecule has 0 spiro atoms. The van der Waals surface area contributed by atoms with Crippen LogP contribution in [0.5, 0.6) is 0 Å². The van der Waals surface area contributed by atoms with E-state index < -0.39 is 16.1 Å². The van der Waals surface area contributed by atoms with Crippen LogP contribution in [0.2, 0.25) is 0 Å². The molecule has 22 heavy (non-hydrogen) atoms. The summed E-state index contributed by atoms with van der Waals surface area (Å²) in [5.74, 6) is 0.136. The topological polar surface area (TPSA) is 78.8 Å². The number of aliphatic imine (C=N–C) groups is 1. The van der Waals surface area contributed by atoms with E-state index in [0.717, 1.165) is 12.8 Å². The van der Waals surface area contributed by atoms with Gasteiger partial charge in [-0.2, -0.15) is 0 Å². The van der Waals surface area contributed by atoms with Gasteiger partial charge in [-0.15, -0.1) is 0 Å². The lowest BCUT2D eigenvalue weighted by Crippen LogP contribution is -2.34. The van der Waals surface area contributed by atoms with E-state index in [1.807, 2.05) is 6.92 Å². The van der Waals surface area contributed by atoms with Gasteiger partial charge in [0.1, 0.15) is 11.9 Å². The summed E-state index contributed by atoms with van der Waals surface area (Å²) >= 11 is 0. The van der Waals surface area contributed by atoms with Gasteiger partial charge in [-0.05, 0) is 18.6 Å². The van der Waals surface area contributed by atoms with E-state index in [0.29, 0.717) is 12.0 Å². The number of hydrogen-bond acceptors (Lipinski definition) is 4. The molecule has 1 aromatic rings. The molecule has 0 aliphatic carbocycles. The fraction of sp³-hybridized carbons (Fsp3) is 0.467. The molecule has 0 fully saturated rings. The molecule has 120 valence electrons. The number of unbranched alkanes of at least 4 members (excludes halogenated alkanes) is 1. The molecule has 1 amide bonds. The molecule has 1 aliphatic heterocycles. The van der Waals surface area contributed by atoms with E-state index in [-0.39, 0.29) is 16.6 Å². The predicted molar refractivity (Wildman–Crippen MR) is 85.3 cm³/mol. The van der Waals surface area contributed by atoms with Gasteiger partial charge in [0.2, 0.25) is 5.91 Å². The van der Waals surface area contributed by atoms with E-state index >= 15 is 0 Å². The number of hydrogen-bond donors (Lipinski definition) is 1. The number of rotatable bonds is 5. The average Bonchev–Trinajstić information content (AvgIpc) is 2.74. The molecule has 1 atom stereocenters. The molecular weight excluding hydrogens is 302 g/mol. The first-order valence-electron chi connectivity index (χ1n) is 7.28. The SMILES string of the molecule is CCCCC(N=C1NS(=O)(=O)c2ccccc21)C(=O)N(C)C. The molecular formula is C15H21N3O3S. The van der Waals surface area contributed by atoms with Gasteiger partial charge in [0.15, 0.2) is 0 Å². The quantitative estimate of drug-likeness (QED) is 0.889. The lowest BCUT2D eigenvalue weighted by atomic mass is 10.1. The number of amidine groups is 1. The summed E-state index contributed by atoms with van der Waals surface area (Å²) in [6, 6.07) is 6.09. The molecule has 7 heteroatoms. The second kappa shape index (κ2) is 6.48. The minimum atomic E-state index is -3.57. The summed E-state index contributed by atoms with van der Waals surface area (Å²) in [4.78, 5) is 18.4. The van der Waals surface area contributed by atoms with Crippen LogP contribution in [-0.2, 0) is 14.8 Å². The first-order valence-corrected chi connectivity index (χ1v) is 8.76.